The van der Waals surface area contributed by atoms with Crippen LogP contribution >= 0.6 is 0 Å². The van der Waals surface area contributed by atoms with Gasteiger partial charge in [-0.25, -0.2) is 0 Å². The largest absolute Gasteiger partial charge is 0.492 e. The summed E-state index contributed by atoms with van der Waals surface area (Å²) in [6.45, 7) is 0. The Labute approximate surface area is 69.6 Å². The van der Waals surface area contributed by atoms with Gasteiger partial charge in [0.05, 0.1) is 12.6 Å². The van der Waals surface area contributed by atoms with Crippen molar-refractivity contribution in [1.29, 1.82) is 0 Å². The smallest absolute Gasteiger partial charge is 0.233 e. The first-order chi connectivity index (χ1) is 5.83. The predicted molar refractivity (Wildman–Crippen MR) is 46.5 cm³/mol. The van der Waals surface area contributed by atoms with E-state index in [4.69, 9.17) is 4.74 Å². The number of ether oxygens (including phenoxy) is 1. The summed E-state index contributed by atoms with van der Waals surface area (Å²) < 4.78 is 5.02. The lowest BCUT2D eigenvalue weighted by Crippen LogP contribution is -1.79. The van der Waals surface area contributed by atoms with Gasteiger partial charge >= 0.3 is 0 Å². The van der Waals surface area contributed by atoms with Crippen molar-refractivity contribution in [3.63, 3.8) is 0 Å². The summed E-state index contributed by atoms with van der Waals surface area (Å²) in [6, 6.07) is 7.58. The molecule has 0 fully saturated rings. The summed E-state index contributed by atoms with van der Waals surface area (Å²) in [5.41, 5.74) is 0.881. The van der Waals surface area contributed by atoms with E-state index in [2.05, 4.69) is 4.98 Å². The molecule has 3 heteroatoms. The number of aromatic amines is 1. The summed E-state index contributed by atoms with van der Waals surface area (Å²) in [5.74, 6) is 0.587. The molecule has 0 saturated carbocycles. The second kappa shape index (κ2) is 2.44. The molecule has 0 atom stereocenters. The zero-order valence-electron chi connectivity index (χ0n) is 6.66. The monoisotopic (exact) mass is 163 g/mol. The highest BCUT2D eigenvalue weighted by Gasteiger charge is 2.08. The van der Waals surface area contributed by atoms with E-state index in [0.29, 0.717) is 5.75 Å². The molecule has 0 aliphatic heterocycles. The summed E-state index contributed by atoms with van der Waals surface area (Å²) in [5, 5.41) is 10.3. The van der Waals surface area contributed by atoms with Gasteiger partial charge in [-0.15, -0.1) is 0 Å². The van der Waals surface area contributed by atoms with Crippen LogP contribution in [0.25, 0.3) is 10.9 Å². The first-order valence-corrected chi connectivity index (χ1v) is 3.66. The molecule has 2 aromatic rings. The number of hydrogen-bond acceptors (Lipinski definition) is 2. The molecule has 0 unspecified atom stereocenters. The van der Waals surface area contributed by atoms with Gasteiger partial charge in [0.15, 0.2) is 5.75 Å². The van der Waals surface area contributed by atoms with Gasteiger partial charge in [-0.05, 0) is 12.1 Å². The predicted octanol–water partition coefficient (Wildman–Crippen LogP) is 1.88. The molecule has 2 N–H and O–H groups in total. The van der Waals surface area contributed by atoms with Crippen molar-refractivity contribution in [1.82, 2.24) is 4.98 Å². The Kier molecular flexibility index (Phi) is 1.43. The number of methoxy groups -OCH3 is 1. The van der Waals surface area contributed by atoms with Crippen LogP contribution in [0.1, 0.15) is 0 Å². The van der Waals surface area contributed by atoms with Gasteiger partial charge in [-0.1, -0.05) is 12.1 Å². The number of aromatic nitrogens is 1. The summed E-state index contributed by atoms with van der Waals surface area (Å²) >= 11 is 0. The molecule has 3 nitrogen and oxygen atoms in total. The molecule has 0 saturated heterocycles. The molecule has 62 valence electrons. The molecule has 0 bridgehead atoms. The van der Waals surface area contributed by atoms with E-state index in [9.17, 15) is 5.11 Å². The minimum Gasteiger partial charge on any atom is -0.492 e. The first kappa shape index (κ1) is 7.03. The Morgan fingerprint density at radius 1 is 1.33 bits per heavy atom. The molecule has 2 rings (SSSR count). The van der Waals surface area contributed by atoms with Crippen LogP contribution in [0.5, 0.6) is 11.6 Å². The minimum atomic E-state index is 0.0821. The third-order valence-corrected chi connectivity index (χ3v) is 1.84. The molecule has 12 heavy (non-hydrogen) atoms. The van der Waals surface area contributed by atoms with Gasteiger partial charge in [0.2, 0.25) is 5.88 Å². The van der Waals surface area contributed by atoms with Gasteiger partial charge in [-0.3, -0.25) is 0 Å². The van der Waals surface area contributed by atoms with Gasteiger partial charge in [0.25, 0.3) is 0 Å². The molecule has 0 amide bonds. The van der Waals surface area contributed by atoms with Crippen LogP contribution in [-0.2, 0) is 0 Å². The lowest BCUT2D eigenvalue weighted by atomic mass is 10.2. The van der Waals surface area contributed by atoms with E-state index >= 15 is 0 Å². The molecule has 1 aromatic carbocycles. The van der Waals surface area contributed by atoms with Crippen molar-refractivity contribution in [2.24, 2.45) is 0 Å². The van der Waals surface area contributed by atoms with E-state index < -0.39 is 0 Å². The number of rotatable bonds is 1. The molecule has 1 heterocycles. The molecule has 0 aliphatic rings. The van der Waals surface area contributed by atoms with Crippen LogP contribution in [0.15, 0.2) is 24.3 Å². The maximum absolute atomic E-state index is 9.35. The highest BCUT2D eigenvalue weighted by Crippen LogP contribution is 2.33. The Hall–Kier alpha value is -1.64. The van der Waals surface area contributed by atoms with Crippen LogP contribution in [0.3, 0.4) is 0 Å². The topological polar surface area (TPSA) is 45.2 Å². The first-order valence-electron chi connectivity index (χ1n) is 3.66. The number of nitrogens with one attached hydrogen (secondary N) is 1. The maximum atomic E-state index is 9.35. The number of hydrogen-bond donors (Lipinski definition) is 2. The average Bonchev–Trinajstić information content (AvgIpc) is 2.40. The normalized spacial score (nSPS) is 10.4. The van der Waals surface area contributed by atoms with Crippen LogP contribution < -0.4 is 4.74 Å². The number of benzene rings is 1. The van der Waals surface area contributed by atoms with Crippen LogP contribution in [0.2, 0.25) is 0 Å². The van der Waals surface area contributed by atoms with Crippen molar-refractivity contribution in [2.75, 3.05) is 7.11 Å². The average molecular weight is 163 g/mol. The lowest BCUT2D eigenvalue weighted by molar-refractivity contribution is 0.372. The fourth-order valence-corrected chi connectivity index (χ4v) is 1.31. The Morgan fingerprint density at radius 3 is 2.83 bits per heavy atom. The van der Waals surface area contributed by atoms with E-state index in [0.717, 1.165) is 10.9 Å². The van der Waals surface area contributed by atoms with Crippen LogP contribution in [0, 0.1) is 0 Å². The number of aromatic hydroxyl groups is 1. The number of H-pyrrole nitrogens is 1. The van der Waals surface area contributed by atoms with Gasteiger partial charge in [0.1, 0.15) is 0 Å². The van der Waals surface area contributed by atoms with Gasteiger partial charge in [-0.2, -0.15) is 0 Å². The Morgan fingerprint density at radius 2 is 2.08 bits per heavy atom. The highest BCUT2D eigenvalue weighted by atomic mass is 16.5. The van der Waals surface area contributed by atoms with Crippen molar-refractivity contribution < 1.29 is 9.84 Å². The van der Waals surface area contributed by atoms with Gasteiger partial charge < -0.3 is 14.8 Å². The minimum absolute atomic E-state index is 0.0821. The zero-order chi connectivity index (χ0) is 8.55. The molecular formula is C9H9NO2. The van der Waals surface area contributed by atoms with Crippen LogP contribution in [0.4, 0.5) is 0 Å². The summed E-state index contributed by atoms with van der Waals surface area (Å²) in [6.07, 6.45) is 0. The van der Waals surface area contributed by atoms with Crippen molar-refractivity contribution in [2.45, 2.75) is 0 Å². The summed E-state index contributed by atoms with van der Waals surface area (Å²) in [4.78, 5) is 2.81. The molecule has 0 spiro atoms. The maximum Gasteiger partial charge on any atom is 0.233 e. The fraction of sp³-hybridized carbons (Fsp3) is 0.111. The van der Waals surface area contributed by atoms with Crippen molar-refractivity contribution in [3.05, 3.63) is 24.3 Å². The third-order valence-electron chi connectivity index (χ3n) is 1.84. The lowest BCUT2D eigenvalue weighted by Gasteiger charge is -1.95. The Balaban J connectivity index is 2.81. The molecule has 0 aliphatic carbocycles. The summed E-state index contributed by atoms with van der Waals surface area (Å²) in [7, 11) is 1.54. The fourth-order valence-electron chi connectivity index (χ4n) is 1.31. The Bertz CT molecular complexity index is 406. The molecule has 1 aromatic heterocycles. The number of fused-ring (bicyclic) bond motifs is 1. The SMILES string of the molecule is COc1c(O)[nH]c2ccccc12. The van der Waals surface area contributed by atoms with Gasteiger partial charge in [0, 0.05) is 5.39 Å². The molecule has 0 radical (unpaired) electrons. The van der Waals surface area contributed by atoms with Crippen molar-refractivity contribution in [3.8, 4) is 11.6 Å². The number of para-hydroxylation sites is 1. The third kappa shape index (κ3) is 0.830. The standard InChI is InChI=1S/C9H9NO2/c1-12-8-6-4-2-3-5-7(6)10-9(8)11/h2-5,10-11H,1H3. The van der Waals surface area contributed by atoms with E-state index in [1.54, 1.807) is 0 Å². The quantitative estimate of drug-likeness (QED) is 0.674. The van der Waals surface area contributed by atoms with Crippen molar-refractivity contribution >= 4 is 10.9 Å². The second-order valence-electron chi connectivity index (χ2n) is 2.55. The van der Waals surface area contributed by atoms with E-state index in [1.807, 2.05) is 24.3 Å². The highest BCUT2D eigenvalue weighted by molar-refractivity contribution is 5.88. The molecular weight excluding hydrogens is 154 g/mol. The van der Waals surface area contributed by atoms with E-state index in [-0.39, 0.29) is 5.88 Å². The van der Waals surface area contributed by atoms with E-state index in [1.165, 1.54) is 7.11 Å². The zero-order valence-corrected chi connectivity index (χ0v) is 6.66. The van der Waals surface area contributed by atoms with Crippen LogP contribution in [-0.4, -0.2) is 17.2 Å². The second-order valence-corrected chi connectivity index (χ2v) is 2.55.